The van der Waals surface area contributed by atoms with Crippen LogP contribution in [0.1, 0.15) is 44.8 Å². The first-order valence-corrected chi connectivity index (χ1v) is 11.6. The van der Waals surface area contributed by atoms with Gasteiger partial charge >= 0.3 is 6.09 Å². The maximum atomic E-state index is 12.1. The number of alkyl carbamates (subject to hydrolysis) is 1. The lowest BCUT2D eigenvalue weighted by atomic mass is 9.96. The molecule has 4 heterocycles. The first-order valence-electron chi connectivity index (χ1n) is 11.6. The topological polar surface area (TPSA) is 153 Å². The number of hydrogen-bond acceptors (Lipinski definition) is 10. The minimum Gasteiger partial charge on any atom is -0.447 e. The number of aromatic nitrogens is 4. The summed E-state index contributed by atoms with van der Waals surface area (Å²) in [6.07, 6.45) is 4.22. The first kappa shape index (κ1) is 22.3. The van der Waals surface area contributed by atoms with Crippen LogP contribution in [0.4, 0.5) is 10.6 Å². The lowest BCUT2D eigenvalue weighted by Crippen LogP contribution is -2.39. The summed E-state index contributed by atoms with van der Waals surface area (Å²) in [7, 11) is 0. The van der Waals surface area contributed by atoms with E-state index in [9.17, 15) is 15.0 Å². The minimum absolute atomic E-state index is 0.120. The molecule has 4 unspecified atom stereocenters. The lowest BCUT2D eigenvalue weighted by Gasteiger charge is -2.23. The highest BCUT2D eigenvalue weighted by Gasteiger charge is 2.45. The second kappa shape index (κ2) is 9.75. The van der Waals surface area contributed by atoms with E-state index in [0.717, 1.165) is 32.1 Å². The molecule has 1 aliphatic carbocycles. The van der Waals surface area contributed by atoms with Crippen LogP contribution >= 0.6 is 0 Å². The monoisotopic (exact) mass is 462 g/mol. The number of ether oxygens (including phenoxy) is 3. The summed E-state index contributed by atoms with van der Waals surface area (Å²) in [5, 5.41) is 27.3. The van der Waals surface area contributed by atoms with Crippen molar-refractivity contribution in [2.24, 2.45) is 0 Å². The van der Waals surface area contributed by atoms with Gasteiger partial charge in [0.05, 0.1) is 19.0 Å². The highest BCUT2D eigenvalue weighted by molar-refractivity contribution is 5.82. The number of fused-ring (bicyclic) bond motifs is 1. The van der Waals surface area contributed by atoms with Gasteiger partial charge in [-0.1, -0.05) is 19.3 Å². The Morgan fingerprint density at radius 3 is 2.76 bits per heavy atom. The highest BCUT2D eigenvalue weighted by Crippen LogP contribution is 2.32. The van der Waals surface area contributed by atoms with E-state index < -0.39 is 30.6 Å². The van der Waals surface area contributed by atoms with Crippen molar-refractivity contribution in [2.75, 3.05) is 25.1 Å². The Bertz CT molecular complexity index is 960. The zero-order chi connectivity index (χ0) is 22.8. The molecule has 2 aliphatic heterocycles. The summed E-state index contributed by atoms with van der Waals surface area (Å²) < 4.78 is 18.1. The SMILES string of the molecule is O=C(NC1CCCCC1)OCC1OC(n2cnc3c(N[C@@H]4CCOC4)ncnc32)C(O)C1O. The molecule has 12 heteroatoms. The molecule has 33 heavy (non-hydrogen) atoms. The van der Waals surface area contributed by atoms with Crippen LogP contribution in [0.5, 0.6) is 0 Å². The van der Waals surface area contributed by atoms with Crippen molar-refractivity contribution in [1.82, 2.24) is 24.8 Å². The van der Waals surface area contributed by atoms with E-state index in [0.29, 0.717) is 30.2 Å². The molecule has 5 rings (SSSR count). The van der Waals surface area contributed by atoms with Crippen molar-refractivity contribution < 1.29 is 29.2 Å². The first-order chi connectivity index (χ1) is 16.1. The fourth-order valence-corrected chi connectivity index (χ4v) is 4.70. The van der Waals surface area contributed by atoms with E-state index in [4.69, 9.17) is 14.2 Å². The quantitative estimate of drug-likeness (QED) is 0.483. The number of imidazole rings is 1. The number of nitrogens with one attached hydrogen (secondary N) is 2. The maximum Gasteiger partial charge on any atom is 0.407 e. The third-order valence-electron chi connectivity index (χ3n) is 6.55. The van der Waals surface area contributed by atoms with Crippen molar-refractivity contribution in [1.29, 1.82) is 0 Å². The third kappa shape index (κ3) is 4.74. The Labute approximate surface area is 190 Å². The Morgan fingerprint density at radius 2 is 1.97 bits per heavy atom. The van der Waals surface area contributed by atoms with Crippen LogP contribution in [0.25, 0.3) is 11.2 Å². The molecule has 12 nitrogen and oxygen atoms in total. The minimum atomic E-state index is -1.24. The van der Waals surface area contributed by atoms with Gasteiger partial charge in [0, 0.05) is 12.6 Å². The van der Waals surface area contributed by atoms with Gasteiger partial charge in [0.25, 0.3) is 0 Å². The molecule has 2 aromatic heterocycles. The number of nitrogens with zero attached hydrogens (tertiary/aromatic N) is 4. The zero-order valence-electron chi connectivity index (χ0n) is 18.3. The van der Waals surface area contributed by atoms with Gasteiger partial charge in [-0.25, -0.2) is 19.7 Å². The molecule has 1 saturated carbocycles. The predicted octanol–water partition coefficient (Wildman–Crippen LogP) is 0.705. The molecule has 0 radical (unpaired) electrons. The average molecular weight is 463 g/mol. The summed E-state index contributed by atoms with van der Waals surface area (Å²) in [4.78, 5) is 25.1. The predicted molar refractivity (Wildman–Crippen MR) is 115 cm³/mol. The summed E-state index contributed by atoms with van der Waals surface area (Å²) in [6, 6.07) is 0.263. The van der Waals surface area contributed by atoms with Gasteiger partial charge in [-0.3, -0.25) is 4.57 Å². The van der Waals surface area contributed by atoms with Crippen LogP contribution in [0, 0.1) is 0 Å². The Kier molecular flexibility index (Phi) is 6.58. The van der Waals surface area contributed by atoms with Gasteiger partial charge in [-0.2, -0.15) is 0 Å². The summed E-state index contributed by atoms with van der Waals surface area (Å²) in [6.45, 7) is 1.12. The number of carbonyl (C=O) groups is 1. The van der Waals surface area contributed by atoms with Crippen LogP contribution < -0.4 is 10.6 Å². The van der Waals surface area contributed by atoms with Crippen molar-refractivity contribution in [2.45, 2.75) is 75.1 Å². The van der Waals surface area contributed by atoms with Crippen molar-refractivity contribution in [3.8, 4) is 0 Å². The Balaban J connectivity index is 1.23. The summed E-state index contributed by atoms with van der Waals surface area (Å²) in [5.74, 6) is 0.571. The van der Waals surface area contributed by atoms with Crippen LogP contribution in [-0.2, 0) is 14.2 Å². The van der Waals surface area contributed by atoms with Crippen molar-refractivity contribution in [3.63, 3.8) is 0 Å². The van der Waals surface area contributed by atoms with E-state index in [-0.39, 0.29) is 18.7 Å². The van der Waals surface area contributed by atoms with E-state index in [1.807, 2.05) is 0 Å². The average Bonchev–Trinajstić information content (AvgIpc) is 3.55. The molecule has 180 valence electrons. The summed E-state index contributed by atoms with van der Waals surface area (Å²) >= 11 is 0. The molecule has 1 amide bonds. The van der Waals surface area contributed by atoms with Gasteiger partial charge in [0.1, 0.15) is 31.2 Å². The second-order valence-electron chi connectivity index (χ2n) is 8.88. The molecule has 3 fully saturated rings. The molecule has 2 saturated heterocycles. The molecule has 0 bridgehead atoms. The Hall–Kier alpha value is -2.54. The fourth-order valence-electron chi connectivity index (χ4n) is 4.70. The second-order valence-corrected chi connectivity index (χ2v) is 8.88. The Morgan fingerprint density at radius 1 is 1.12 bits per heavy atom. The van der Waals surface area contributed by atoms with E-state index in [1.165, 1.54) is 19.1 Å². The number of anilines is 1. The summed E-state index contributed by atoms with van der Waals surface area (Å²) in [5.41, 5.74) is 0.987. The standard InChI is InChI=1S/C21H30N6O6/c28-16-14(9-32-21(30)26-12-4-2-1-3-5-12)33-20(17(16)29)27-11-24-15-18(22-10-23-19(15)27)25-13-6-7-31-8-13/h10-14,16-17,20,28-29H,1-9H2,(H,26,30)(H,22,23,25)/t13-,14?,16?,17?,20?/m1/s1. The number of aliphatic hydroxyl groups excluding tert-OH is 2. The molecular weight excluding hydrogens is 432 g/mol. The zero-order valence-corrected chi connectivity index (χ0v) is 18.3. The number of carbonyl (C=O) groups excluding carboxylic acids is 1. The maximum absolute atomic E-state index is 12.1. The number of rotatable bonds is 6. The lowest BCUT2D eigenvalue weighted by molar-refractivity contribution is -0.0535. The molecule has 0 spiro atoms. The fraction of sp³-hybridized carbons (Fsp3) is 0.714. The molecule has 0 aromatic carbocycles. The van der Waals surface area contributed by atoms with Gasteiger partial charge in [-0.15, -0.1) is 0 Å². The number of hydrogen-bond donors (Lipinski definition) is 4. The molecule has 3 aliphatic rings. The van der Waals surface area contributed by atoms with Crippen molar-refractivity contribution >= 4 is 23.1 Å². The molecular formula is C21H30N6O6. The van der Waals surface area contributed by atoms with E-state index >= 15 is 0 Å². The molecule has 5 atom stereocenters. The van der Waals surface area contributed by atoms with E-state index in [2.05, 4.69) is 25.6 Å². The molecule has 2 aromatic rings. The van der Waals surface area contributed by atoms with Gasteiger partial charge < -0.3 is 35.1 Å². The van der Waals surface area contributed by atoms with Gasteiger partial charge in [-0.05, 0) is 19.3 Å². The number of amides is 1. The normalized spacial score (nSPS) is 30.5. The van der Waals surface area contributed by atoms with Gasteiger partial charge in [0.15, 0.2) is 23.2 Å². The van der Waals surface area contributed by atoms with Crippen LogP contribution in [0.2, 0.25) is 0 Å². The third-order valence-corrected chi connectivity index (χ3v) is 6.55. The van der Waals surface area contributed by atoms with Gasteiger partial charge in [0.2, 0.25) is 0 Å². The van der Waals surface area contributed by atoms with Crippen LogP contribution in [0.3, 0.4) is 0 Å². The van der Waals surface area contributed by atoms with Crippen molar-refractivity contribution in [3.05, 3.63) is 12.7 Å². The smallest absolute Gasteiger partial charge is 0.407 e. The number of aliphatic hydroxyl groups is 2. The highest BCUT2D eigenvalue weighted by atomic mass is 16.6. The van der Waals surface area contributed by atoms with E-state index in [1.54, 1.807) is 4.57 Å². The van der Waals surface area contributed by atoms with Crippen LogP contribution in [0.15, 0.2) is 12.7 Å². The van der Waals surface area contributed by atoms with Crippen LogP contribution in [-0.4, -0.2) is 86.0 Å². The largest absolute Gasteiger partial charge is 0.447 e. The molecule has 4 N–H and O–H groups in total.